The van der Waals surface area contributed by atoms with Gasteiger partial charge in [0.25, 0.3) is 0 Å². The van der Waals surface area contributed by atoms with Gasteiger partial charge < -0.3 is 9.52 Å². The molecule has 0 bridgehead atoms. The van der Waals surface area contributed by atoms with E-state index in [9.17, 15) is 22.7 Å². The fourth-order valence-corrected chi connectivity index (χ4v) is 1.62. The summed E-state index contributed by atoms with van der Waals surface area (Å²) in [4.78, 5) is 0. The van der Waals surface area contributed by atoms with Crippen LogP contribution in [0, 0.1) is 5.82 Å². The molecule has 1 N–H and O–H groups in total. The zero-order valence-corrected chi connectivity index (χ0v) is 8.91. The largest absolute Gasteiger partial charge is 0.466 e. The van der Waals surface area contributed by atoms with Crippen LogP contribution in [-0.2, 0) is 5.60 Å². The number of rotatable bonds is 2. The van der Waals surface area contributed by atoms with Crippen LogP contribution in [-0.4, -0.2) is 11.3 Å². The first-order chi connectivity index (χ1) is 8.35. The molecule has 0 spiro atoms. The minimum atomic E-state index is -4.98. The summed E-state index contributed by atoms with van der Waals surface area (Å²) in [7, 11) is 0. The highest BCUT2D eigenvalue weighted by molar-refractivity contribution is 5.33. The molecule has 0 fully saturated rings. The number of benzene rings is 1. The summed E-state index contributed by atoms with van der Waals surface area (Å²) in [6, 6.07) is 5.66. The Morgan fingerprint density at radius 2 is 1.61 bits per heavy atom. The molecule has 1 aromatic carbocycles. The molecule has 2 nitrogen and oxygen atoms in total. The Kier molecular flexibility index (Phi) is 2.90. The third-order valence-corrected chi connectivity index (χ3v) is 2.55. The van der Waals surface area contributed by atoms with Crippen molar-refractivity contribution in [3.8, 4) is 0 Å². The van der Waals surface area contributed by atoms with Crippen LogP contribution in [0.2, 0.25) is 0 Å². The SMILES string of the molecule is OC(c1ccc(F)cc1)(c1ccco1)C(F)(F)F. The molecular formula is C12H8F4O2. The lowest BCUT2D eigenvalue weighted by atomic mass is 9.90. The van der Waals surface area contributed by atoms with Crippen molar-refractivity contribution in [3.63, 3.8) is 0 Å². The van der Waals surface area contributed by atoms with Crippen molar-refractivity contribution in [2.45, 2.75) is 11.8 Å². The monoisotopic (exact) mass is 260 g/mol. The van der Waals surface area contributed by atoms with Gasteiger partial charge in [-0.1, -0.05) is 12.1 Å². The molecule has 96 valence electrons. The van der Waals surface area contributed by atoms with Crippen molar-refractivity contribution < 1.29 is 27.1 Å². The maximum Gasteiger partial charge on any atom is 0.428 e. The molecule has 0 aliphatic heterocycles. The van der Waals surface area contributed by atoms with Gasteiger partial charge >= 0.3 is 6.18 Å². The summed E-state index contributed by atoms with van der Waals surface area (Å²) in [5.74, 6) is -1.36. The predicted molar refractivity (Wildman–Crippen MR) is 54.2 cm³/mol. The Hall–Kier alpha value is -1.82. The first kappa shape index (κ1) is 12.6. The Morgan fingerprint density at radius 3 is 2.06 bits per heavy atom. The molecule has 6 heteroatoms. The fourth-order valence-electron chi connectivity index (χ4n) is 1.62. The quantitative estimate of drug-likeness (QED) is 0.841. The second kappa shape index (κ2) is 4.13. The van der Waals surface area contributed by atoms with Gasteiger partial charge in [0.05, 0.1) is 6.26 Å². The average Bonchev–Trinajstić information content (AvgIpc) is 2.81. The van der Waals surface area contributed by atoms with Crippen LogP contribution in [0.3, 0.4) is 0 Å². The van der Waals surface area contributed by atoms with E-state index in [1.165, 1.54) is 6.07 Å². The lowest BCUT2D eigenvalue weighted by Crippen LogP contribution is -2.43. The van der Waals surface area contributed by atoms with Crippen molar-refractivity contribution in [2.24, 2.45) is 0 Å². The highest BCUT2D eigenvalue weighted by Gasteiger charge is 2.58. The van der Waals surface area contributed by atoms with E-state index in [-0.39, 0.29) is 0 Å². The van der Waals surface area contributed by atoms with Gasteiger partial charge in [0, 0.05) is 5.56 Å². The fraction of sp³-hybridized carbons (Fsp3) is 0.167. The van der Waals surface area contributed by atoms with E-state index in [0.717, 1.165) is 36.6 Å². The number of aliphatic hydroxyl groups is 1. The van der Waals surface area contributed by atoms with E-state index in [2.05, 4.69) is 4.42 Å². The number of halogens is 4. The normalized spacial score (nSPS) is 15.4. The second-order valence-electron chi connectivity index (χ2n) is 3.69. The zero-order chi connectivity index (χ0) is 13.4. The molecule has 0 radical (unpaired) electrons. The Bertz CT molecular complexity index is 516. The molecule has 1 aromatic heterocycles. The molecule has 1 unspecified atom stereocenters. The summed E-state index contributed by atoms with van der Waals surface area (Å²) in [5, 5.41) is 9.93. The first-order valence-corrected chi connectivity index (χ1v) is 4.95. The number of furan rings is 1. The molecule has 0 aliphatic carbocycles. The van der Waals surface area contributed by atoms with E-state index >= 15 is 0 Å². The van der Waals surface area contributed by atoms with Crippen LogP contribution in [0.1, 0.15) is 11.3 Å². The second-order valence-corrected chi connectivity index (χ2v) is 3.69. The summed E-state index contributed by atoms with van der Waals surface area (Å²) in [5.41, 5.74) is -3.80. The molecule has 0 saturated heterocycles. The van der Waals surface area contributed by atoms with E-state index in [4.69, 9.17) is 0 Å². The van der Waals surface area contributed by atoms with Crippen molar-refractivity contribution in [2.75, 3.05) is 0 Å². The third kappa shape index (κ3) is 1.88. The number of alkyl halides is 3. The topological polar surface area (TPSA) is 33.4 Å². The standard InChI is InChI=1S/C12H8F4O2/c13-9-5-3-8(4-6-9)11(17,12(14,15)16)10-2-1-7-18-10/h1-7,17H. The highest BCUT2D eigenvalue weighted by atomic mass is 19.4. The zero-order valence-electron chi connectivity index (χ0n) is 8.91. The van der Waals surface area contributed by atoms with Gasteiger partial charge in [-0.3, -0.25) is 0 Å². The average molecular weight is 260 g/mol. The summed E-state index contributed by atoms with van der Waals surface area (Å²) in [6.45, 7) is 0. The highest BCUT2D eigenvalue weighted by Crippen LogP contribution is 2.44. The minimum absolute atomic E-state index is 0.508. The first-order valence-electron chi connectivity index (χ1n) is 4.95. The summed E-state index contributed by atoms with van der Waals surface area (Å²) in [6.07, 6.45) is -3.96. The van der Waals surface area contributed by atoms with Crippen LogP contribution >= 0.6 is 0 Å². The van der Waals surface area contributed by atoms with Crippen molar-refractivity contribution in [1.82, 2.24) is 0 Å². The lowest BCUT2D eigenvalue weighted by molar-refractivity contribution is -0.254. The van der Waals surface area contributed by atoms with E-state index < -0.39 is 28.9 Å². The molecule has 2 aromatic rings. The van der Waals surface area contributed by atoms with Crippen LogP contribution in [0.5, 0.6) is 0 Å². The van der Waals surface area contributed by atoms with Gasteiger partial charge in [0.2, 0.25) is 5.60 Å². The maximum absolute atomic E-state index is 13.1. The molecule has 0 amide bonds. The van der Waals surface area contributed by atoms with Crippen LogP contribution < -0.4 is 0 Å². The maximum atomic E-state index is 13.1. The molecular weight excluding hydrogens is 252 g/mol. The van der Waals surface area contributed by atoms with Gasteiger partial charge in [0.1, 0.15) is 11.6 Å². The predicted octanol–water partition coefficient (Wildman–Crippen LogP) is 3.22. The van der Waals surface area contributed by atoms with Gasteiger partial charge in [-0.05, 0) is 24.3 Å². The van der Waals surface area contributed by atoms with Gasteiger partial charge in [-0.25, -0.2) is 4.39 Å². The molecule has 1 atom stereocenters. The Balaban J connectivity index is 2.60. The van der Waals surface area contributed by atoms with Gasteiger partial charge in [0.15, 0.2) is 0 Å². The molecule has 2 rings (SSSR count). The van der Waals surface area contributed by atoms with Crippen molar-refractivity contribution in [3.05, 3.63) is 59.8 Å². The van der Waals surface area contributed by atoms with Gasteiger partial charge in [-0.15, -0.1) is 0 Å². The molecule has 0 aliphatic rings. The van der Waals surface area contributed by atoms with E-state index in [1.807, 2.05) is 0 Å². The molecule has 18 heavy (non-hydrogen) atoms. The smallest absolute Gasteiger partial charge is 0.428 e. The Morgan fingerprint density at radius 1 is 1.00 bits per heavy atom. The van der Waals surface area contributed by atoms with Crippen LogP contribution in [0.15, 0.2) is 47.1 Å². The Labute approximate surface area is 99.5 Å². The van der Waals surface area contributed by atoms with Gasteiger partial charge in [-0.2, -0.15) is 13.2 Å². The molecule has 1 heterocycles. The number of hydrogen-bond acceptors (Lipinski definition) is 2. The third-order valence-electron chi connectivity index (χ3n) is 2.55. The van der Waals surface area contributed by atoms with E-state index in [0.29, 0.717) is 0 Å². The molecule has 0 saturated carbocycles. The lowest BCUT2D eigenvalue weighted by Gasteiger charge is -2.28. The summed E-state index contributed by atoms with van der Waals surface area (Å²) < 4.78 is 56.5. The van der Waals surface area contributed by atoms with Crippen LogP contribution in [0.25, 0.3) is 0 Å². The number of hydrogen-bond donors (Lipinski definition) is 1. The van der Waals surface area contributed by atoms with E-state index in [1.54, 1.807) is 0 Å². The summed E-state index contributed by atoms with van der Waals surface area (Å²) >= 11 is 0. The van der Waals surface area contributed by atoms with Crippen molar-refractivity contribution >= 4 is 0 Å². The van der Waals surface area contributed by atoms with Crippen molar-refractivity contribution in [1.29, 1.82) is 0 Å². The minimum Gasteiger partial charge on any atom is -0.466 e. The van der Waals surface area contributed by atoms with Crippen LogP contribution in [0.4, 0.5) is 17.6 Å².